The average Bonchev–Trinajstić information content (AvgIpc) is 1.97. The molecule has 0 spiro atoms. The van der Waals surface area contributed by atoms with Crippen LogP contribution in [0.3, 0.4) is 0 Å². The standard InChI is InChI=1S/C11H20/c1-7-6-8(2)10(4)11(5)9(7)3/h7-9H,6H2,1-5H3. The molecule has 1 rings (SSSR count). The van der Waals surface area contributed by atoms with Crippen molar-refractivity contribution in [3.63, 3.8) is 0 Å². The minimum atomic E-state index is 0.811. The van der Waals surface area contributed by atoms with Crippen LogP contribution in [0.5, 0.6) is 0 Å². The van der Waals surface area contributed by atoms with E-state index in [4.69, 9.17) is 0 Å². The monoisotopic (exact) mass is 152 g/mol. The van der Waals surface area contributed by atoms with Crippen molar-refractivity contribution in [3.05, 3.63) is 11.1 Å². The molecule has 0 saturated carbocycles. The summed E-state index contributed by atoms with van der Waals surface area (Å²) < 4.78 is 0. The van der Waals surface area contributed by atoms with E-state index in [2.05, 4.69) is 34.6 Å². The quantitative estimate of drug-likeness (QED) is 0.465. The molecule has 0 bridgehead atoms. The molecule has 0 N–H and O–H groups in total. The molecule has 1 aliphatic carbocycles. The van der Waals surface area contributed by atoms with Crippen LogP contribution in [0.15, 0.2) is 11.1 Å². The second-order valence-electron chi connectivity index (χ2n) is 4.27. The molecule has 0 fully saturated rings. The zero-order valence-electron chi connectivity index (χ0n) is 8.44. The molecule has 0 heteroatoms. The Morgan fingerprint density at radius 3 is 2.09 bits per heavy atom. The zero-order chi connectivity index (χ0) is 8.59. The smallest absolute Gasteiger partial charge is 0.0206 e. The molecular weight excluding hydrogens is 132 g/mol. The lowest BCUT2D eigenvalue weighted by Crippen LogP contribution is -2.21. The number of hydrogen-bond acceptors (Lipinski definition) is 0. The normalized spacial score (nSPS) is 39.5. The van der Waals surface area contributed by atoms with Crippen LogP contribution in [-0.4, -0.2) is 0 Å². The fourth-order valence-corrected chi connectivity index (χ4v) is 2.11. The van der Waals surface area contributed by atoms with Gasteiger partial charge < -0.3 is 0 Å². The lowest BCUT2D eigenvalue weighted by molar-refractivity contribution is 0.333. The molecule has 3 unspecified atom stereocenters. The number of allylic oxidation sites excluding steroid dienone is 2. The summed E-state index contributed by atoms with van der Waals surface area (Å²) in [5.41, 5.74) is 3.27. The molecule has 0 nitrogen and oxygen atoms in total. The molecule has 0 saturated heterocycles. The van der Waals surface area contributed by atoms with Gasteiger partial charge in [0.25, 0.3) is 0 Å². The first kappa shape index (κ1) is 8.83. The first-order valence-corrected chi connectivity index (χ1v) is 4.71. The molecule has 0 aromatic rings. The summed E-state index contributed by atoms with van der Waals surface area (Å²) in [6, 6.07) is 0. The van der Waals surface area contributed by atoms with Crippen molar-refractivity contribution in [2.45, 2.75) is 41.0 Å². The highest BCUT2D eigenvalue weighted by Crippen LogP contribution is 2.37. The topological polar surface area (TPSA) is 0 Å². The first-order valence-electron chi connectivity index (χ1n) is 4.71. The van der Waals surface area contributed by atoms with Crippen molar-refractivity contribution < 1.29 is 0 Å². The Labute approximate surface area is 70.7 Å². The largest absolute Gasteiger partial charge is 0.0713 e. The molecule has 0 radical (unpaired) electrons. The van der Waals surface area contributed by atoms with Crippen LogP contribution in [-0.2, 0) is 0 Å². The van der Waals surface area contributed by atoms with Crippen molar-refractivity contribution in [2.75, 3.05) is 0 Å². The van der Waals surface area contributed by atoms with Crippen LogP contribution in [0.4, 0.5) is 0 Å². The minimum Gasteiger partial charge on any atom is -0.0713 e. The molecule has 0 aromatic heterocycles. The summed E-state index contributed by atoms with van der Waals surface area (Å²) >= 11 is 0. The summed E-state index contributed by atoms with van der Waals surface area (Å²) in [6.45, 7) is 11.7. The van der Waals surface area contributed by atoms with Gasteiger partial charge >= 0.3 is 0 Å². The maximum atomic E-state index is 2.37. The molecule has 64 valence electrons. The van der Waals surface area contributed by atoms with Gasteiger partial charge in [0.2, 0.25) is 0 Å². The highest BCUT2D eigenvalue weighted by Gasteiger charge is 2.24. The van der Waals surface area contributed by atoms with Gasteiger partial charge in [0.1, 0.15) is 0 Å². The fourth-order valence-electron chi connectivity index (χ4n) is 2.11. The van der Waals surface area contributed by atoms with Gasteiger partial charge in [-0.05, 0) is 38.0 Å². The highest BCUT2D eigenvalue weighted by molar-refractivity contribution is 5.18. The second-order valence-corrected chi connectivity index (χ2v) is 4.27. The summed E-state index contributed by atoms with van der Waals surface area (Å²) in [5.74, 6) is 2.51. The number of hydrogen-bond donors (Lipinski definition) is 0. The lowest BCUT2D eigenvalue weighted by Gasteiger charge is -2.32. The molecule has 1 aliphatic rings. The third kappa shape index (κ3) is 1.50. The average molecular weight is 152 g/mol. The molecule has 11 heavy (non-hydrogen) atoms. The predicted molar refractivity (Wildman–Crippen MR) is 50.5 cm³/mol. The van der Waals surface area contributed by atoms with Crippen LogP contribution in [0.25, 0.3) is 0 Å². The summed E-state index contributed by atoms with van der Waals surface area (Å²) in [6.07, 6.45) is 1.38. The van der Waals surface area contributed by atoms with E-state index in [1.54, 1.807) is 11.1 Å². The third-order valence-corrected chi connectivity index (χ3v) is 3.62. The van der Waals surface area contributed by atoms with Crippen LogP contribution >= 0.6 is 0 Å². The van der Waals surface area contributed by atoms with E-state index in [1.807, 2.05) is 0 Å². The van der Waals surface area contributed by atoms with E-state index in [-0.39, 0.29) is 0 Å². The Balaban J connectivity index is 2.89. The molecule has 0 aliphatic heterocycles. The SMILES string of the molecule is CC1=C(C)C(C)C(C)CC1C. The van der Waals surface area contributed by atoms with Gasteiger partial charge in [0.05, 0.1) is 0 Å². The first-order chi connectivity index (χ1) is 5.04. The molecule has 0 heterocycles. The van der Waals surface area contributed by atoms with Gasteiger partial charge in [-0.25, -0.2) is 0 Å². The van der Waals surface area contributed by atoms with E-state index < -0.39 is 0 Å². The summed E-state index contributed by atoms with van der Waals surface area (Å²) in [7, 11) is 0. The van der Waals surface area contributed by atoms with Crippen LogP contribution in [0.1, 0.15) is 41.0 Å². The fraction of sp³-hybridized carbons (Fsp3) is 0.818. The van der Waals surface area contributed by atoms with E-state index in [9.17, 15) is 0 Å². The minimum absolute atomic E-state index is 0.811. The van der Waals surface area contributed by atoms with Gasteiger partial charge in [-0.1, -0.05) is 31.9 Å². The van der Waals surface area contributed by atoms with E-state index >= 15 is 0 Å². The molecular formula is C11H20. The zero-order valence-corrected chi connectivity index (χ0v) is 8.44. The van der Waals surface area contributed by atoms with E-state index in [0.717, 1.165) is 17.8 Å². The van der Waals surface area contributed by atoms with Gasteiger partial charge in [-0.2, -0.15) is 0 Å². The molecule has 3 atom stereocenters. The van der Waals surface area contributed by atoms with Crippen molar-refractivity contribution in [1.82, 2.24) is 0 Å². The lowest BCUT2D eigenvalue weighted by atomic mass is 9.73. The van der Waals surface area contributed by atoms with Crippen LogP contribution < -0.4 is 0 Å². The molecule has 0 amide bonds. The van der Waals surface area contributed by atoms with Crippen molar-refractivity contribution >= 4 is 0 Å². The second kappa shape index (κ2) is 3.00. The third-order valence-electron chi connectivity index (χ3n) is 3.62. The van der Waals surface area contributed by atoms with Crippen LogP contribution in [0, 0.1) is 17.8 Å². The summed E-state index contributed by atoms with van der Waals surface area (Å²) in [5, 5.41) is 0. The maximum absolute atomic E-state index is 2.37. The van der Waals surface area contributed by atoms with Gasteiger partial charge in [0, 0.05) is 0 Å². The number of rotatable bonds is 0. The Bertz CT molecular complexity index is 176. The van der Waals surface area contributed by atoms with Gasteiger partial charge in [-0.3, -0.25) is 0 Å². The Morgan fingerprint density at radius 1 is 1.00 bits per heavy atom. The molecule has 0 aromatic carbocycles. The predicted octanol–water partition coefficient (Wildman–Crippen LogP) is 3.63. The highest BCUT2D eigenvalue weighted by atomic mass is 14.3. The van der Waals surface area contributed by atoms with Crippen LogP contribution in [0.2, 0.25) is 0 Å². The van der Waals surface area contributed by atoms with E-state index in [1.165, 1.54) is 6.42 Å². The Morgan fingerprint density at radius 2 is 1.55 bits per heavy atom. The van der Waals surface area contributed by atoms with E-state index in [0.29, 0.717) is 0 Å². The van der Waals surface area contributed by atoms with Gasteiger partial charge in [0.15, 0.2) is 0 Å². The van der Waals surface area contributed by atoms with Crippen molar-refractivity contribution in [2.24, 2.45) is 17.8 Å². The van der Waals surface area contributed by atoms with Crippen molar-refractivity contribution in [1.29, 1.82) is 0 Å². The Kier molecular flexibility index (Phi) is 2.41. The van der Waals surface area contributed by atoms with Gasteiger partial charge in [-0.15, -0.1) is 0 Å². The summed E-state index contributed by atoms with van der Waals surface area (Å²) in [4.78, 5) is 0. The maximum Gasteiger partial charge on any atom is -0.0206 e. The Hall–Kier alpha value is -0.260. The van der Waals surface area contributed by atoms with Crippen molar-refractivity contribution in [3.8, 4) is 0 Å².